The lowest BCUT2D eigenvalue weighted by Crippen LogP contribution is -2.10. The van der Waals surface area contributed by atoms with Crippen LogP contribution in [0.2, 0.25) is 0 Å². The number of fused-ring (bicyclic) bond motifs is 1. The van der Waals surface area contributed by atoms with Gasteiger partial charge in [-0.15, -0.1) is 0 Å². The monoisotopic (exact) mass is 447 g/mol. The number of hydrogen-bond acceptors (Lipinski definition) is 5. The van der Waals surface area contributed by atoms with Gasteiger partial charge < -0.3 is 14.4 Å². The second-order valence-corrected chi connectivity index (χ2v) is 7.13. The van der Waals surface area contributed by atoms with Crippen LogP contribution < -0.4 is 0 Å². The van der Waals surface area contributed by atoms with Crippen LogP contribution in [0.1, 0.15) is 21.7 Å². The van der Waals surface area contributed by atoms with Crippen molar-refractivity contribution < 1.29 is 19.6 Å². The van der Waals surface area contributed by atoms with Crippen LogP contribution in [0, 0.1) is 10.1 Å². The van der Waals surface area contributed by atoms with Gasteiger partial charge in [-0.25, -0.2) is 9.78 Å². The van der Waals surface area contributed by atoms with Crippen LogP contribution in [0.3, 0.4) is 0 Å². The van der Waals surface area contributed by atoms with E-state index >= 15 is 0 Å². The van der Waals surface area contributed by atoms with Crippen molar-refractivity contribution in [1.29, 1.82) is 0 Å². The lowest BCUT2D eigenvalue weighted by atomic mass is 10.1. The van der Waals surface area contributed by atoms with Gasteiger partial charge in [0.15, 0.2) is 0 Å². The first-order valence-corrected chi connectivity index (χ1v) is 9.34. The summed E-state index contributed by atoms with van der Waals surface area (Å²) in [5.41, 5.74) is 2.24. The van der Waals surface area contributed by atoms with E-state index in [2.05, 4.69) is 20.9 Å². The Morgan fingerprint density at radius 3 is 2.75 bits per heavy atom. The highest BCUT2D eigenvalue weighted by Crippen LogP contribution is 2.26. The first-order chi connectivity index (χ1) is 13.4. The molecular formula is C19H18BrN3O5. The zero-order valence-corrected chi connectivity index (χ0v) is 16.7. The zero-order valence-electron chi connectivity index (χ0n) is 15.1. The molecule has 3 rings (SSSR count). The molecule has 0 aliphatic carbocycles. The smallest absolute Gasteiger partial charge is 0.335 e. The fraction of sp³-hybridized carbons (Fsp3) is 0.263. The van der Waals surface area contributed by atoms with Crippen molar-refractivity contribution >= 4 is 38.6 Å². The van der Waals surface area contributed by atoms with Crippen molar-refractivity contribution in [2.75, 3.05) is 13.7 Å². The maximum absolute atomic E-state index is 11.3. The minimum atomic E-state index is -1.01. The first kappa shape index (κ1) is 20.0. The van der Waals surface area contributed by atoms with Crippen molar-refractivity contribution in [3.8, 4) is 0 Å². The molecule has 2 aromatic carbocycles. The molecule has 1 N–H and O–H groups in total. The van der Waals surface area contributed by atoms with Crippen LogP contribution in [-0.4, -0.2) is 39.3 Å². The number of imidazole rings is 1. The van der Waals surface area contributed by atoms with Gasteiger partial charge in [0.1, 0.15) is 5.82 Å². The maximum Gasteiger partial charge on any atom is 0.335 e. The van der Waals surface area contributed by atoms with E-state index in [1.807, 2.05) is 4.57 Å². The average molecular weight is 448 g/mol. The summed E-state index contributed by atoms with van der Waals surface area (Å²) in [4.78, 5) is 26.8. The molecule has 0 saturated heterocycles. The molecule has 146 valence electrons. The largest absolute Gasteiger partial charge is 0.478 e. The van der Waals surface area contributed by atoms with E-state index in [4.69, 9.17) is 4.74 Å². The summed E-state index contributed by atoms with van der Waals surface area (Å²) < 4.78 is 7.73. The Morgan fingerprint density at radius 2 is 2.07 bits per heavy atom. The second kappa shape index (κ2) is 8.49. The summed E-state index contributed by atoms with van der Waals surface area (Å²) in [6.07, 6.45) is 0.912. The number of nitrogens with zero attached hydrogens (tertiary/aromatic N) is 3. The number of aryl methyl sites for hydroxylation is 2. The number of carboxylic acid groups (broad SMARTS) is 1. The van der Waals surface area contributed by atoms with Crippen molar-refractivity contribution in [2.45, 2.75) is 19.4 Å². The van der Waals surface area contributed by atoms with E-state index in [0.717, 1.165) is 5.82 Å². The molecule has 1 heterocycles. The van der Waals surface area contributed by atoms with Gasteiger partial charge in [0.05, 0.1) is 28.1 Å². The van der Waals surface area contributed by atoms with Gasteiger partial charge in [0.2, 0.25) is 0 Å². The van der Waals surface area contributed by atoms with E-state index in [-0.39, 0.29) is 11.3 Å². The number of nitro benzene ring substituents is 1. The van der Waals surface area contributed by atoms with E-state index in [0.29, 0.717) is 47.1 Å². The number of carbonyl (C=O) groups is 1. The van der Waals surface area contributed by atoms with Crippen molar-refractivity contribution in [3.63, 3.8) is 0 Å². The number of halogens is 1. The normalized spacial score (nSPS) is 11.1. The number of carboxylic acids is 1. The molecule has 0 atom stereocenters. The summed E-state index contributed by atoms with van der Waals surface area (Å²) in [5, 5.41) is 20.6. The van der Waals surface area contributed by atoms with Crippen LogP contribution in [0.15, 0.2) is 40.9 Å². The summed E-state index contributed by atoms with van der Waals surface area (Å²) in [5.74, 6) is -0.278. The maximum atomic E-state index is 11.3. The molecule has 1 aromatic heterocycles. The minimum absolute atomic E-state index is 0.0575. The van der Waals surface area contributed by atoms with Gasteiger partial charge in [0.25, 0.3) is 5.69 Å². The number of nitro groups is 1. The Bertz CT molecular complexity index is 1050. The topological polar surface area (TPSA) is 107 Å². The molecule has 0 bridgehead atoms. The van der Waals surface area contributed by atoms with Gasteiger partial charge in [-0.05, 0) is 30.7 Å². The number of rotatable bonds is 8. The number of methoxy groups -OCH3 is 1. The molecule has 3 aromatic rings. The van der Waals surface area contributed by atoms with E-state index in [9.17, 15) is 20.0 Å². The van der Waals surface area contributed by atoms with Crippen LogP contribution in [0.5, 0.6) is 0 Å². The highest BCUT2D eigenvalue weighted by atomic mass is 79.9. The predicted molar refractivity (Wildman–Crippen MR) is 107 cm³/mol. The first-order valence-electron chi connectivity index (χ1n) is 8.55. The molecule has 0 unspecified atom stereocenters. The summed E-state index contributed by atoms with van der Waals surface area (Å²) >= 11 is 3.26. The molecule has 0 spiro atoms. The number of benzene rings is 2. The molecule has 28 heavy (non-hydrogen) atoms. The van der Waals surface area contributed by atoms with E-state index in [1.54, 1.807) is 31.4 Å². The highest BCUT2D eigenvalue weighted by Gasteiger charge is 2.17. The Labute approximate surface area is 169 Å². The van der Waals surface area contributed by atoms with Gasteiger partial charge in [0, 0.05) is 36.2 Å². The number of hydrogen-bond donors (Lipinski definition) is 1. The number of ether oxygens (including phenoxy) is 1. The van der Waals surface area contributed by atoms with Gasteiger partial charge in [-0.3, -0.25) is 10.1 Å². The van der Waals surface area contributed by atoms with Crippen molar-refractivity contribution in [2.24, 2.45) is 0 Å². The molecule has 0 aliphatic rings. The molecule has 8 nitrogen and oxygen atoms in total. The van der Waals surface area contributed by atoms with Crippen molar-refractivity contribution in [3.05, 3.63) is 67.9 Å². The number of aromatic carboxylic acids is 1. The third-order valence-electron chi connectivity index (χ3n) is 4.46. The Balaban J connectivity index is 1.96. The van der Waals surface area contributed by atoms with Crippen LogP contribution in [-0.2, 0) is 24.1 Å². The van der Waals surface area contributed by atoms with Gasteiger partial charge in [-0.1, -0.05) is 22.0 Å². The van der Waals surface area contributed by atoms with Crippen LogP contribution in [0.4, 0.5) is 5.69 Å². The SMILES string of the molecule is COCCn1c(CCc2ccc(Br)cc2[N+](=O)[O-])nc2ccc(C(=O)O)cc21. The Hall–Kier alpha value is -2.78. The van der Waals surface area contributed by atoms with Crippen LogP contribution in [0.25, 0.3) is 11.0 Å². The highest BCUT2D eigenvalue weighted by molar-refractivity contribution is 9.10. The third kappa shape index (κ3) is 4.20. The molecular weight excluding hydrogens is 430 g/mol. The minimum Gasteiger partial charge on any atom is -0.478 e. The molecule has 9 heteroatoms. The number of aromatic nitrogens is 2. The molecule has 0 radical (unpaired) electrons. The van der Waals surface area contributed by atoms with Gasteiger partial charge in [-0.2, -0.15) is 0 Å². The van der Waals surface area contributed by atoms with E-state index < -0.39 is 10.9 Å². The predicted octanol–water partition coefficient (Wildman–Crippen LogP) is 3.84. The summed E-state index contributed by atoms with van der Waals surface area (Å²) in [6, 6.07) is 9.77. The lowest BCUT2D eigenvalue weighted by molar-refractivity contribution is -0.385. The van der Waals surface area contributed by atoms with Crippen molar-refractivity contribution in [1.82, 2.24) is 9.55 Å². The Morgan fingerprint density at radius 1 is 1.29 bits per heavy atom. The third-order valence-corrected chi connectivity index (χ3v) is 4.95. The molecule has 0 fully saturated rings. The second-order valence-electron chi connectivity index (χ2n) is 6.21. The quantitative estimate of drug-likeness (QED) is 0.415. The molecule has 0 saturated carbocycles. The van der Waals surface area contributed by atoms with E-state index in [1.165, 1.54) is 12.1 Å². The fourth-order valence-electron chi connectivity index (χ4n) is 3.09. The Kier molecular flexibility index (Phi) is 6.05. The zero-order chi connectivity index (χ0) is 20.3. The van der Waals surface area contributed by atoms with Crippen LogP contribution >= 0.6 is 15.9 Å². The average Bonchev–Trinajstić information content (AvgIpc) is 3.01. The standard InChI is InChI=1S/C19H18BrN3O5/c1-28-9-8-22-17-10-13(19(24)25)3-6-15(17)21-18(22)7-4-12-2-5-14(20)11-16(12)23(26)27/h2-3,5-6,10-11H,4,7-9H2,1H3,(H,24,25). The summed E-state index contributed by atoms with van der Waals surface area (Å²) in [6.45, 7) is 0.946. The fourth-order valence-corrected chi connectivity index (χ4v) is 3.44. The summed E-state index contributed by atoms with van der Waals surface area (Å²) in [7, 11) is 1.59. The lowest BCUT2D eigenvalue weighted by Gasteiger charge is -2.09. The molecule has 0 amide bonds. The van der Waals surface area contributed by atoms with Gasteiger partial charge >= 0.3 is 5.97 Å². The molecule has 0 aliphatic heterocycles.